The van der Waals surface area contributed by atoms with Gasteiger partial charge in [-0.25, -0.2) is 15.0 Å². The smallest absolute Gasteiger partial charge is 0.172 e. The Labute approximate surface area is 136 Å². The lowest BCUT2D eigenvalue weighted by molar-refractivity contribution is 0.0994. The molecule has 0 fully saturated rings. The molecule has 6 nitrogen and oxygen atoms in total. The van der Waals surface area contributed by atoms with Gasteiger partial charge in [0, 0.05) is 16.9 Å². The summed E-state index contributed by atoms with van der Waals surface area (Å²) in [5.74, 6) is 0.585. The van der Waals surface area contributed by atoms with Crippen LogP contribution in [0.3, 0.4) is 0 Å². The number of hydrogen-bond donors (Lipinski definition) is 2. The predicted molar refractivity (Wildman–Crippen MR) is 88.7 cm³/mol. The van der Waals surface area contributed by atoms with Crippen molar-refractivity contribution in [3.8, 4) is 0 Å². The molecule has 0 unspecified atom stereocenters. The molecule has 2 heterocycles. The number of benzene rings is 1. The number of nitrogens with one attached hydrogen (secondary N) is 1. The fraction of sp³-hybridized carbons (Fsp3) is 0.250. The van der Waals surface area contributed by atoms with Crippen LogP contribution < -0.4 is 5.73 Å². The van der Waals surface area contributed by atoms with Crippen LogP contribution in [-0.2, 0) is 12.8 Å². The van der Waals surface area contributed by atoms with Crippen molar-refractivity contribution in [2.45, 2.75) is 36.2 Å². The number of rotatable bonds is 3. The van der Waals surface area contributed by atoms with Gasteiger partial charge in [-0.05, 0) is 30.0 Å². The van der Waals surface area contributed by atoms with Gasteiger partial charge in [-0.15, -0.1) is 0 Å². The first-order valence-electron chi connectivity index (χ1n) is 7.48. The summed E-state index contributed by atoms with van der Waals surface area (Å²) in [6.45, 7) is 2.12. The molecule has 0 bridgehead atoms. The molecule has 0 aliphatic heterocycles. The second kappa shape index (κ2) is 5.34. The maximum absolute atomic E-state index is 12.0. The number of carbonyl (C=O) groups excluding carboxylic acids is 1. The van der Waals surface area contributed by atoms with E-state index in [1.54, 1.807) is 0 Å². The zero-order valence-electron chi connectivity index (χ0n) is 12.6. The van der Waals surface area contributed by atoms with Crippen LogP contribution in [0.5, 0.6) is 0 Å². The molecule has 7 heteroatoms. The molecule has 0 amide bonds. The van der Waals surface area contributed by atoms with Gasteiger partial charge < -0.3 is 10.7 Å². The highest BCUT2D eigenvalue weighted by Gasteiger charge is 2.22. The monoisotopic (exact) mass is 325 g/mol. The van der Waals surface area contributed by atoms with Crippen molar-refractivity contribution in [1.82, 2.24) is 19.9 Å². The van der Waals surface area contributed by atoms with E-state index in [0.29, 0.717) is 28.6 Å². The highest BCUT2D eigenvalue weighted by molar-refractivity contribution is 7.99. The Morgan fingerprint density at radius 1 is 1.30 bits per heavy atom. The van der Waals surface area contributed by atoms with Gasteiger partial charge >= 0.3 is 0 Å². The van der Waals surface area contributed by atoms with E-state index in [9.17, 15) is 4.79 Å². The van der Waals surface area contributed by atoms with Gasteiger partial charge in [0.25, 0.3) is 0 Å². The number of Topliss-reactive ketones (excluding diaryl/α,β-unsaturated/α-hetero) is 1. The van der Waals surface area contributed by atoms with E-state index >= 15 is 0 Å². The average Bonchev–Trinajstić information content (AvgIpc) is 3.11. The topological polar surface area (TPSA) is 97.5 Å². The van der Waals surface area contributed by atoms with Crippen molar-refractivity contribution in [3.63, 3.8) is 0 Å². The minimum absolute atomic E-state index is 0.226. The molecular weight excluding hydrogens is 310 g/mol. The van der Waals surface area contributed by atoms with Crippen LogP contribution in [0.25, 0.3) is 11.2 Å². The molecule has 3 aromatic rings. The number of H-pyrrole nitrogens is 1. The standard InChI is InChI=1S/C16H15N5OS/c1-2-8-5-9-3-4-11(22)10(9)6-12(8)23-16-20-13-14(17)18-7-19-15(13)21-16/h5-7H,2-4H2,1H3,(H3,17,18,19,20,21). The van der Waals surface area contributed by atoms with Crippen molar-refractivity contribution in [1.29, 1.82) is 0 Å². The Morgan fingerprint density at radius 2 is 2.17 bits per heavy atom. The molecule has 0 saturated carbocycles. The molecule has 4 rings (SSSR count). The number of hydrogen-bond acceptors (Lipinski definition) is 6. The number of fused-ring (bicyclic) bond motifs is 2. The molecule has 1 aliphatic carbocycles. The molecule has 3 N–H and O–H groups in total. The summed E-state index contributed by atoms with van der Waals surface area (Å²) in [6.07, 6.45) is 3.79. The van der Waals surface area contributed by atoms with Gasteiger partial charge in [-0.2, -0.15) is 0 Å². The van der Waals surface area contributed by atoms with Crippen LogP contribution in [0, 0.1) is 0 Å². The highest BCUT2D eigenvalue weighted by atomic mass is 32.2. The highest BCUT2D eigenvalue weighted by Crippen LogP contribution is 2.35. The lowest BCUT2D eigenvalue weighted by Crippen LogP contribution is -1.95. The molecule has 1 aliphatic rings. The van der Waals surface area contributed by atoms with Gasteiger partial charge in [-0.3, -0.25) is 4.79 Å². The number of nitrogens with two attached hydrogens (primary N) is 1. The Morgan fingerprint density at radius 3 is 2.96 bits per heavy atom. The lowest BCUT2D eigenvalue weighted by Gasteiger charge is -2.09. The van der Waals surface area contributed by atoms with E-state index in [-0.39, 0.29) is 5.78 Å². The molecule has 0 saturated heterocycles. The molecule has 0 atom stereocenters. The number of nitrogen functional groups attached to an aromatic ring is 1. The first-order chi connectivity index (χ1) is 11.2. The molecule has 1 aromatic carbocycles. The van der Waals surface area contributed by atoms with Gasteiger partial charge in [0.15, 0.2) is 27.9 Å². The first-order valence-corrected chi connectivity index (χ1v) is 8.30. The number of aromatic amines is 1. The van der Waals surface area contributed by atoms with Crippen molar-refractivity contribution in [2.75, 3.05) is 5.73 Å². The number of aromatic nitrogens is 4. The van der Waals surface area contributed by atoms with E-state index in [2.05, 4.69) is 32.9 Å². The average molecular weight is 325 g/mol. The van der Waals surface area contributed by atoms with Crippen LogP contribution in [0.15, 0.2) is 28.5 Å². The maximum atomic E-state index is 12.0. The molecule has 2 aromatic heterocycles. The number of aryl methyl sites for hydroxylation is 2. The molecule has 0 radical (unpaired) electrons. The number of ketones is 1. The number of imidazole rings is 1. The van der Waals surface area contributed by atoms with E-state index in [1.807, 2.05) is 6.07 Å². The molecule has 116 valence electrons. The Kier molecular flexibility index (Phi) is 3.30. The van der Waals surface area contributed by atoms with Crippen LogP contribution in [0.1, 0.15) is 34.8 Å². The zero-order valence-corrected chi connectivity index (χ0v) is 13.4. The minimum Gasteiger partial charge on any atom is -0.382 e. The lowest BCUT2D eigenvalue weighted by atomic mass is 10.0. The largest absolute Gasteiger partial charge is 0.382 e. The van der Waals surface area contributed by atoms with Crippen molar-refractivity contribution < 1.29 is 4.79 Å². The number of carbonyl (C=O) groups is 1. The number of anilines is 1. The Hall–Kier alpha value is -2.41. The van der Waals surface area contributed by atoms with Crippen molar-refractivity contribution >= 4 is 34.5 Å². The summed E-state index contributed by atoms with van der Waals surface area (Å²) in [5, 5.41) is 0.701. The summed E-state index contributed by atoms with van der Waals surface area (Å²) >= 11 is 1.50. The minimum atomic E-state index is 0.226. The van der Waals surface area contributed by atoms with Crippen LogP contribution in [0.4, 0.5) is 5.82 Å². The first kappa shape index (κ1) is 14.2. The second-order valence-corrected chi connectivity index (χ2v) is 6.52. The molecular formula is C16H15N5OS. The maximum Gasteiger partial charge on any atom is 0.172 e. The molecule has 0 spiro atoms. The fourth-order valence-corrected chi connectivity index (χ4v) is 3.88. The quantitative estimate of drug-likeness (QED) is 0.768. The third kappa shape index (κ3) is 2.37. The van der Waals surface area contributed by atoms with Crippen LogP contribution in [-0.4, -0.2) is 25.7 Å². The van der Waals surface area contributed by atoms with Gasteiger partial charge in [0.2, 0.25) is 0 Å². The number of nitrogens with zero attached hydrogens (tertiary/aromatic N) is 3. The van der Waals surface area contributed by atoms with E-state index in [0.717, 1.165) is 28.9 Å². The van der Waals surface area contributed by atoms with Gasteiger partial charge in [0.05, 0.1) is 0 Å². The third-order valence-corrected chi connectivity index (χ3v) is 5.07. The molecule has 23 heavy (non-hydrogen) atoms. The fourth-order valence-electron chi connectivity index (χ4n) is 2.87. The van der Waals surface area contributed by atoms with Gasteiger partial charge in [-0.1, -0.05) is 24.8 Å². The summed E-state index contributed by atoms with van der Waals surface area (Å²) in [6, 6.07) is 4.15. The third-order valence-electron chi connectivity index (χ3n) is 4.08. The summed E-state index contributed by atoms with van der Waals surface area (Å²) < 4.78 is 0. The van der Waals surface area contributed by atoms with E-state index in [4.69, 9.17) is 5.73 Å². The van der Waals surface area contributed by atoms with Gasteiger partial charge in [0.1, 0.15) is 6.33 Å². The SMILES string of the molecule is CCc1cc2c(cc1Sc1nc3c(N)ncnc3[nH]1)C(=O)CC2. The Balaban J connectivity index is 1.76. The van der Waals surface area contributed by atoms with Crippen LogP contribution >= 0.6 is 11.8 Å². The summed E-state index contributed by atoms with van der Waals surface area (Å²) in [5.41, 5.74) is 10.3. The van der Waals surface area contributed by atoms with E-state index in [1.165, 1.54) is 23.7 Å². The summed E-state index contributed by atoms with van der Waals surface area (Å²) in [4.78, 5) is 28.7. The van der Waals surface area contributed by atoms with Crippen LogP contribution in [0.2, 0.25) is 0 Å². The normalized spacial score (nSPS) is 13.7. The second-order valence-electron chi connectivity index (χ2n) is 5.49. The van der Waals surface area contributed by atoms with E-state index < -0.39 is 0 Å². The Bertz CT molecular complexity index is 934. The predicted octanol–water partition coefficient (Wildman–Crippen LogP) is 2.78. The van der Waals surface area contributed by atoms with Crippen molar-refractivity contribution in [3.05, 3.63) is 35.2 Å². The zero-order chi connectivity index (χ0) is 16.0. The summed E-state index contributed by atoms with van der Waals surface area (Å²) in [7, 11) is 0. The van der Waals surface area contributed by atoms with Crippen molar-refractivity contribution in [2.24, 2.45) is 0 Å².